The van der Waals surface area contributed by atoms with Crippen molar-refractivity contribution in [1.29, 1.82) is 0 Å². The summed E-state index contributed by atoms with van der Waals surface area (Å²) in [5.74, 6) is -1.02. The smallest absolute Gasteiger partial charge is 0.347 e. The zero-order chi connectivity index (χ0) is 15.7. The molecule has 0 saturated carbocycles. The molecule has 118 valence electrons. The van der Waals surface area contributed by atoms with Crippen molar-refractivity contribution in [3.8, 4) is 0 Å². The fourth-order valence-corrected chi connectivity index (χ4v) is 4.04. The Balaban J connectivity index is 1.71. The van der Waals surface area contributed by atoms with Crippen molar-refractivity contribution in [2.24, 2.45) is 0 Å². The zero-order valence-electron chi connectivity index (χ0n) is 11.7. The predicted molar refractivity (Wildman–Crippen MR) is 77.0 cm³/mol. The fraction of sp³-hybridized carbons (Fsp3) is 0.429. The number of hydrogen-bond acceptors (Lipinski definition) is 6. The summed E-state index contributed by atoms with van der Waals surface area (Å²) in [6.07, 6.45) is 0.0936. The number of sulfonamides is 1. The number of rotatable bonds is 3. The maximum atomic E-state index is 11.9. The fourth-order valence-electron chi connectivity index (χ4n) is 2.47. The van der Waals surface area contributed by atoms with E-state index in [9.17, 15) is 18.0 Å². The van der Waals surface area contributed by atoms with E-state index >= 15 is 0 Å². The molecule has 2 fully saturated rings. The van der Waals surface area contributed by atoms with Crippen LogP contribution in [0.5, 0.6) is 0 Å². The molecule has 0 aliphatic carbocycles. The quantitative estimate of drug-likeness (QED) is 0.760. The Hall–Kier alpha value is -2.09. The maximum absolute atomic E-state index is 11.9. The Morgan fingerprint density at radius 2 is 2.00 bits per heavy atom. The van der Waals surface area contributed by atoms with Gasteiger partial charge in [0.1, 0.15) is 0 Å². The Morgan fingerprint density at radius 3 is 2.55 bits per heavy atom. The summed E-state index contributed by atoms with van der Waals surface area (Å²) in [7, 11) is -3.24. The highest BCUT2D eigenvalue weighted by atomic mass is 32.2. The largest absolute Gasteiger partial charge is 0.463 e. The van der Waals surface area contributed by atoms with Crippen molar-refractivity contribution in [2.45, 2.75) is 18.9 Å². The minimum atomic E-state index is -3.24. The van der Waals surface area contributed by atoms with Gasteiger partial charge in [-0.2, -0.15) is 0 Å². The molecule has 2 aliphatic heterocycles. The molecule has 2 heterocycles. The van der Waals surface area contributed by atoms with Gasteiger partial charge < -0.3 is 9.47 Å². The third-order valence-electron chi connectivity index (χ3n) is 3.63. The third-order valence-corrected chi connectivity index (χ3v) is 5.50. The van der Waals surface area contributed by atoms with E-state index in [0.717, 1.165) is 0 Å². The molecule has 7 nitrogen and oxygen atoms in total. The van der Waals surface area contributed by atoms with E-state index < -0.39 is 28.1 Å². The number of cyclic esters (lactones) is 1. The summed E-state index contributed by atoms with van der Waals surface area (Å²) in [6.45, 7) is 0.697. The summed E-state index contributed by atoms with van der Waals surface area (Å²) in [4.78, 5) is 23.2. The number of benzene rings is 1. The van der Waals surface area contributed by atoms with Crippen LogP contribution in [-0.4, -0.2) is 45.4 Å². The Bertz CT molecular complexity index is 697. The van der Waals surface area contributed by atoms with Crippen molar-refractivity contribution in [3.63, 3.8) is 0 Å². The van der Waals surface area contributed by atoms with Crippen molar-refractivity contribution in [2.75, 3.05) is 23.2 Å². The second kappa shape index (κ2) is 5.60. The molecule has 3 rings (SSSR count). The second-order valence-electron chi connectivity index (χ2n) is 5.14. The van der Waals surface area contributed by atoms with Crippen molar-refractivity contribution in [3.05, 3.63) is 29.8 Å². The van der Waals surface area contributed by atoms with Crippen molar-refractivity contribution >= 4 is 27.6 Å². The number of hydrogen-bond donors (Lipinski definition) is 0. The van der Waals surface area contributed by atoms with Gasteiger partial charge in [-0.15, -0.1) is 0 Å². The average molecular weight is 325 g/mol. The van der Waals surface area contributed by atoms with Gasteiger partial charge >= 0.3 is 11.9 Å². The van der Waals surface area contributed by atoms with Crippen molar-refractivity contribution in [1.82, 2.24) is 0 Å². The number of carbonyl (C=O) groups excluding carboxylic acids is 2. The highest BCUT2D eigenvalue weighted by Gasteiger charge is 2.31. The lowest BCUT2D eigenvalue weighted by Crippen LogP contribution is -2.25. The van der Waals surface area contributed by atoms with Crippen LogP contribution < -0.4 is 4.31 Å². The predicted octanol–water partition coefficient (Wildman–Crippen LogP) is 0.699. The van der Waals surface area contributed by atoms with E-state index in [-0.39, 0.29) is 17.9 Å². The van der Waals surface area contributed by atoms with Gasteiger partial charge in [0.25, 0.3) is 0 Å². The van der Waals surface area contributed by atoms with Crippen LogP contribution in [0.4, 0.5) is 5.69 Å². The first-order valence-electron chi connectivity index (χ1n) is 6.95. The number of carbonyl (C=O) groups is 2. The molecule has 0 N–H and O–H groups in total. The summed E-state index contributed by atoms with van der Waals surface area (Å²) >= 11 is 0. The van der Waals surface area contributed by atoms with E-state index in [1.54, 1.807) is 12.1 Å². The van der Waals surface area contributed by atoms with Crippen LogP contribution in [0.15, 0.2) is 24.3 Å². The van der Waals surface area contributed by atoms with Crippen LogP contribution in [-0.2, 0) is 24.3 Å². The zero-order valence-corrected chi connectivity index (χ0v) is 12.5. The molecule has 1 aromatic carbocycles. The normalized spacial score (nSPS) is 23.4. The van der Waals surface area contributed by atoms with E-state index in [2.05, 4.69) is 0 Å². The molecule has 8 heteroatoms. The molecule has 1 atom stereocenters. The van der Waals surface area contributed by atoms with Gasteiger partial charge in [-0.1, -0.05) is 0 Å². The van der Waals surface area contributed by atoms with Crippen LogP contribution in [0, 0.1) is 0 Å². The molecule has 0 bridgehead atoms. The monoisotopic (exact) mass is 325 g/mol. The minimum Gasteiger partial charge on any atom is -0.463 e. The minimum absolute atomic E-state index is 0.139. The van der Waals surface area contributed by atoms with Gasteiger partial charge in [0.15, 0.2) is 0 Å². The standard InChI is InChI=1S/C14H15NO6S/c16-13(21-12-6-8-20-14(12)17)10-2-4-11(5-3-10)15-7-1-9-22(15,18)19/h2-5,12H,1,6-9H2/t12-/m0/s1. The lowest BCUT2D eigenvalue weighted by molar-refractivity contribution is -0.145. The first-order chi connectivity index (χ1) is 10.5. The number of nitrogens with zero attached hydrogens (tertiary/aromatic N) is 1. The Labute approximate surface area is 127 Å². The lowest BCUT2D eigenvalue weighted by Gasteiger charge is -2.17. The van der Waals surface area contributed by atoms with Crippen LogP contribution in [0.25, 0.3) is 0 Å². The maximum Gasteiger partial charge on any atom is 0.347 e. The molecular weight excluding hydrogens is 310 g/mol. The molecule has 0 radical (unpaired) electrons. The molecule has 0 spiro atoms. The van der Waals surface area contributed by atoms with Crippen LogP contribution >= 0.6 is 0 Å². The van der Waals surface area contributed by atoms with E-state index in [1.165, 1.54) is 16.4 Å². The van der Waals surface area contributed by atoms with Gasteiger partial charge in [0.05, 0.1) is 23.6 Å². The average Bonchev–Trinajstić information content (AvgIpc) is 3.05. The highest BCUT2D eigenvalue weighted by molar-refractivity contribution is 7.93. The van der Waals surface area contributed by atoms with E-state index in [1.807, 2.05) is 0 Å². The van der Waals surface area contributed by atoms with Gasteiger partial charge in [0, 0.05) is 13.0 Å². The molecule has 2 saturated heterocycles. The van der Waals surface area contributed by atoms with E-state index in [0.29, 0.717) is 25.1 Å². The summed E-state index contributed by atoms with van der Waals surface area (Å²) in [5.41, 5.74) is 0.786. The first-order valence-corrected chi connectivity index (χ1v) is 8.56. The highest BCUT2D eigenvalue weighted by Crippen LogP contribution is 2.24. The van der Waals surface area contributed by atoms with Gasteiger partial charge in [-0.05, 0) is 30.7 Å². The molecular formula is C14H15NO6S. The van der Waals surface area contributed by atoms with Crippen LogP contribution in [0.2, 0.25) is 0 Å². The molecule has 0 unspecified atom stereocenters. The Kier molecular flexibility index (Phi) is 3.78. The molecule has 0 amide bonds. The molecule has 2 aliphatic rings. The SMILES string of the molecule is O=C(O[C@H]1CCOC1=O)c1ccc(N2CCCS2(=O)=O)cc1. The van der Waals surface area contributed by atoms with E-state index in [4.69, 9.17) is 9.47 Å². The number of anilines is 1. The molecule has 1 aromatic rings. The summed E-state index contributed by atoms with van der Waals surface area (Å²) in [5, 5.41) is 0. The van der Waals surface area contributed by atoms with Gasteiger partial charge in [0.2, 0.25) is 16.1 Å². The topological polar surface area (TPSA) is 90.0 Å². The summed E-state index contributed by atoms with van der Waals surface area (Å²) in [6, 6.07) is 6.11. The molecule has 22 heavy (non-hydrogen) atoms. The first kappa shape index (κ1) is 14.8. The van der Waals surface area contributed by atoms with Gasteiger partial charge in [-0.25, -0.2) is 18.0 Å². The number of esters is 2. The van der Waals surface area contributed by atoms with Gasteiger partial charge in [-0.3, -0.25) is 4.31 Å². The second-order valence-corrected chi connectivity index (χ2v) is 7.15. The Morgan fingerprint density at radius 1 is 1.27 bits per heavy atom. The van der Waals surface area contributed by atoms with Crippen molar-refractivity contribution < 1.29 is 27.5 Å². The third kappa shape index (κ3) is 2.78. The number of ether oxygens (including phenoxy) is 2. The molecule has 0 aromatic heterocycles. The van der Waals surface area contributed by atoms with Crippen LogP contribution in [0.3, 0.4) is 0 Å². The van der Waals surface area contributed by atoms with Crippen LogP contribution in [0.1, 0.15) is 23.2 Å². The lowest BCUT2D eigenvalue weighted by atomic mass is 10.2. The summed E-state index contributed by atoms with van der Waals surface area (Å²) < 4.78 is 34.8.